The maximum atomic E-state index is 6.06. The molecule has 3 rings (SSSR count). The molecule has 1 aromatic heterocycles. The SMILES string of the molecule is CC1CCCCN1CC(CN)c1cnc2ccccc2c1. The van der Waals surface area contributed by atoms with Gasteiger partial charge in [-0.3, -0.25) is 4.98 Å². The van der Waals surface area contributed by atoms with Gasteiger partial charge in [0.15, 0.2) is 0 Å². The number of para-hydroxylation sites is 1. The maximum Gasteiger partial charge on any atom is 0.0702 e. The van der Waals surface area contributed by atoms with Crippen LogP contribution in [0.25, 0.3) is 10.9 Å². The van der Waals surface area contributed by atoms with E-state index in [0.717, 1.165) is 12.1 Å². The lowest BCUT2D eigenvalue weighted by atomic mass is 9.96. The molecule has 3 nitrogen and oxygen atoms in total. The molecule has 0 radical (unpaired) electrons. The van der Waals surface area contributed by atoms with Crippen LogP contribution in [0.15, 0.2) is 36.5 Å². The molecule has 0 aliphatic carbocycles. The van der Waals surface area contributed by atoms with Crippen molar-refractivity contribution in [1.82, 2.24) is 9.88 Å². The first-order valence-electron chi connectivity index (χ1n) is 8.06. The molecule has 0 amide bonds. The molecule has 1 saturated heterocycles. The third kappa shape index (κ3) is 3.25. The van der Waals surface area contributed by atoms with Gasteiger partial charge >= 0.3 is 0 Å². The van der Waals surface area contributed by atoms with Crippen molar-refractivity contribution in [3.05, 3.63) is 42.1 Å². The minimum atomic E-state index is 0.377. The second-order valence-electron chi connectivity index (χ2n) is 6.23. The summed E-state index contributed by atoms with van der Waals surface area (Å²) in [6.45, 7) is 5.28. The van der Waals surface area contributed by atoms with Gasteiger partial charge in [0.25, 0.3) is 0 Å². The fraction of sp³-hybridized carbons (Fsp3) is 0.500. The molecule has 3 heteroatoms. The van der Waals surface area contributed by atoms with Gasteiger partial charge < -0.3 is 10.6 Å². The number of benzene rings is 1. The fourth-order valence-corrected chi connectivity index (χ4v) is 3.34. The van der Waals surface area contributed by atoms with E-state index in [9.17, 15) is 0 Å². The number of piperidine rings is 1. The van der Waals surface area contributed by atoms with Gasteiger partial charge in [-0.1, -0.05) is 24.6 Å². The van der Waals surface area contributed by atoms with E-state index in [2.05, 4.69) is 41.1 Å². The fourth-order valence-electron chi connectivity index (χ4n) is 3.34. The summed E-state index contributed by atoms with van der Waals surface area (Å²) in [5, 5.41) is 1.21. The zero-order valence-corrected chi connectivity index (χ0v) is 12.8. The van der Waals surface area contributed by atoms with Crippen molar-refractivity contribution in [2.24, 2.45) is 5.73 Å². The van der Waals surface area contributed by atoms with Crippen molar-refractivity contribution in [3.8, 4) is 0 Å². The third-order valence-electron chi connectivity index (χ3n) is 4.76. The van der Waals surface area contributed by atoms with Crippen LogP contribution in [0.4, 0.5) is 0 Å². The maximum absolute atomic E-state index is 6.06. The van der Waals surface area contributed by atoms with Gasteiger partial charge in [0, 0.05) is 36.6 Å². The van der Waals surface area contributed by atoms with Crippen molar-refractivity contribution >= 4 is 10.9 Å². The molecule has 2 heterocycles. The number of hydrogen-bond donors (Lipinski definition) is 1. The summed E-state index contributed by atoms with van der Waals surface area (Å²) in [5.41, 5.74) is 8.39. The molecule has 1 aromatic carbocycles. The average molecular weight is 283 g/mol. The Labute approximate surface area is 127 Å². The molecule has 2 aromatic rings. The first kappa shape index (κ1) is 14.5. The van der Waals surface area contributed by atoms with E-state index < -0.39 is 0 Å². The highest BCUT2D eigenvalue weighted by Crippen LogP contribution is 2.24. The van der Waals surface area contributed by atoms with Crippen LogP contribution in [0.3, 0.4) is 0 Å². The quantitative estimate of drug-likeness (QED) is 0.937. The first-order valence-corrected chi connectivity index (χ1v) is 8.06. The van der Waals surface area contributed by atoms with E-state index in [0.29, 0.717) is 18.5 Å². The minimum absolute atomic E-state index is 0.377. The number of rotatable bonds is 4. The van der Waals surface area contributed by atoms with Crippen LogP contribution >= 0.6 is 0 Å². The Kier molecular flexibility index (Phi) is 4.51. The molecule has 0 bridgehead atoms. The normalized spacial score (nSPS) is 21.5. The molecule has 1 aliphatic rings. The number of hydrogen-bond acceptors (Lipinski definition) is 3. The number of aromatic nitrogens is 1. The number of likely N-dealkylation sites (tertiary alicyclic amines) is 1. The van der Waals surface area contributed by atoms with Gasteiger partial charge in [0.05, 0.1) is 5.52 Å². The molecule has 2 N–H and O–H groups in total. The Morgan fingerprint density at radius 3 is 3.00 bits per heavy atom. The summed E-state index contributed by atoms with van der Waals surface area (Å²) in [7, 11) is 0. The standard InChI is InChI=1S/C18H25N3/c1-14-6-4-5-9-21(14)13-17(11-19)16-10-15-7-2-3-8-18(15)20-12-16/h2-3,7-8,10,12,14,17H,4-6,9,11,13,19H2,1H3. The van der Waals surface area contributed by atoms with Crippen molar-refractivity contribution in [1.29, 1.82) is 0 Å². The van der Waals surface area contributed by atoms with Crippen LogP contribution in [0.5, 0.6) is 0 Å². The Morgan fingerprint density at radius 2 is 2.19 bits per heavy atom. The molecular formula is C18H25N3. The van der Waals surface area contributed by atoms with Gasteiger partial charge in [-0.2, -0.15) is 0 Å². The Morgan fingerprint density at radius 1 is 1.33 bits per heavy atom. The predicted octanol–water partition coefficient (Wildman–Crippen LogP) is 3.15. The summed E-state index contributed by atoms with van der Waals surface area (Å²) >= 11 is 0. The van der Waals surface area contributed by atoms with E-state index in [4.69, 9.17) is 5.73 Å². The predicted molar refractivity (Wildman–Crippen MR) is 88.4 cm³/mol. The molecule has 2 atom stereocenters. The molecule has 112 valence electrons. The second kappa shape index (κ2) is 6.54. The van der Waals surface area contributed by atoms with Crippen molar-refractivity contribution < 1.29 is 0 Å². The molecule has 0 saturated carbocycles. The number of nitrogens with zero attached hydrogens (tertiary/aromatic N) is 2. The number of fused-ring (bicyclic) bond motifs is 1. The van der Waals surface area contributed by atoms with Crippen molar-refractivity contribution in [2.75, 3.05) is 19.6 Å². The van der Waals surface area contributed by atoms with E-state index >= 15 is 0 Å². The lowest BCUT2D eigenvalue weighted by Crippen LogP contribution is -2.41. The topological polar surface area (TPSA) is 42.1 Å². The van der Waals surface area contributed by atoms with Crippen LogP contribution in [0, 0.1) is 0 Å². The number of pyridine rings is 1. The highest BCUT2D eigenvalue weighted by molar-refractivity contribution is 5.78. The molecule has 1 fully saturated rings. The van der Waals surface area contributed by atoms with Gasteiger partial charge in [-0.15, -0.1) is 0 Å². The Balaban J connectivity index is 1.80. The van der Waals surface area contributed by atoms with Gasteiger partial charge in [0.1, 0.15) is 0 Å². The smallest absolute Gasteiger partial charge is 0.0702 e. The molecule has 2 unspecified atom stereocenters. The van der Waals surface area contributed by atoms with Crippen LogP contribution in [0.2, 0.25) is 0 Å². The van der Waals surface area contributed by atoms with Crippen LogP contribution < -0.4 is 5.73 Å². The average Bonchev–Trinajstić information content (AvgIpc) is 2.54. The van der Waals surface area contributed by atoms with E-state index in [1.807, 2.05) is 12.3 Å². The highest BCUT2D eigenvalue weighted by Gasteiger charge is 2.22. The lowest BCUT2D eigenvalue weighted by Gasteiger charge is -2.35. The largest absolute Gasteiger partial charge is 0.330 e. The summed E-state index contributed by atoms with van der Waals surface area (Å²) < 4.78 is 0. The monoisotopic (exact) mass is 283 g/mol. The molecule has 1 aliphatic heterocycles. The summed E-state index contributed by atoms with van der Waals surface area (Å²) in [5.74, 6) is 0.377. The first-order chi connectivity index (χ1) is 10.3. The Bertz CT molecular complexity index is 596. The van der Waals surface area contributed by atoms with Gasteiger partial charge in [-0.25, -0.2) is 0 Å². The summed E-state index contributed by atoms with van der Waals surface area (Å²) in [6, 6.07) is 11.2. The van der Waals surface area contributed by atoms with E-state index in [1.165, 1.54) is 36.8 Å². The van der Waals surface area contributed by atoms with Crippen LogP contribution in [-0.4, -0.2) is 35.6 Å². The second-order valence-corrected chi connectivity index (χ2v) is 6.23. The van der Waals surface area contributed by atoms with Crippen LogP contribution in [-0.2, 0) is 0 Å². The minimum Gasteiger partial charge on any atom is -0.330 e. The van der Waals surface area contributed by atoms with E-state index in [1.54, 1.807) is 0 Å². The summed E-state index contributed by atoms with van der Waals surface area (Å²) in [6.07, 6.45) is 6.00. The molecular weight excluding hydrogens is 258 g/mol. The molecule has 21 heavy (non-hydrogen) atoms. The van der Waals surface area contributed by atoms with Gasteiger partial charge in [0.2, 0.25) is 0 Å². The van der Waals surface area contributed by atoms with Crippen molar-refractivity contribution in [2.45, 2.75) is 38.1 Å². The lowest BCUT2D eigenvalue weighted by molar-refractivity contribution is 0.152. The van der Waals surface area contributed by atoms with Crippen LogP contribution in [0.1, 0.15) is 37.7 Å². The zero-order valence-electron chi connectivity index (χ0n) is 12.8. The van der Waals surface area contributed by atoms with E-state index in [-0.39, 0.29) is 0 Å². The Hall–Kier alpha value is -1.45. The van der Waals surface area contributed by atoms with Gasteiger partial charge in [-0.05, 0) is 44.0 Å². The zero-order chi connectivity index (χ0) is 14.7. The van der Waals surface area contributed by atoms with Crippen molar-refractivity contribution in [3.63, 3.8) is 0 Å². The summed E-state index contributed by atoms with van der Waals surface area (Å²) in [4.78, 5) is 7.18. The third-order valence-corrected chi connectivity index (χ3v) is 4.76. The number of nitrogens with two attached hydrogens (primary N) is 1. The molecule has 0 spiro atoms. The highest BCUT2D eigenvalue weighted by atomic mass is 15.2.